The maximum absolute atomic E-state index is 12.6. The van der Waals surface area contributed by atoms with Gasteiger partial charge in [-0.25, -0.2) is 8.42 Å². The third kappa shape index (κ3) is 5.51. The maximum Gasteiger partial charge on any atom is 0.261 e. The van der Waals surface area contributed by atoms with Crippen LogP contribution in [0.25, 0.3) is 11.4 Å². The van der Waals surface area contributed by atoms with Crippen molar-refractivity contribution in [3.8, 4) is 11.4 Å². The van der Waals surface area contributed by atoms with Gasteiger partial charge >= 0.3 is 0 Å². The standard InChI is InChI=1S/C23H29N5O2S2/c1-18-6-12-21(13-7-18)32(29,30)26-20-10-8-19(9-11-20)22-24-25-23(27(22)2)31-17-16-28-14-4-3-5-15-28/h6-13,26H,3-5,14-17H2,1-2H3. The molecule has 2 aromatic carbocycles. The summed E-state index contributed by atoms with van der Waals surface area (Å²) in [5.74, 6) is 1.75. The van der Waals surface area contributed by atoms with Crippen LogP contribution in [0, 0.1) is 6.92 Å². The molecule has 0 bridgehead atoms. The third-order valence-corrected chi connectivity index (χ3v) is 8.05. The molecule has 3 aromatic rings. The number of piperidine rings is 1. The Kier molecular flexibility index (Phi) is 7.17. The second kappa shape index (κ2) is 10.1. The topological polar surface area (TPSA) is 80.1 Å². The van der Waals surface area contributed by atoms with Crippen LogP contribution in [0.4, 0.5) is 5.69 Å². The van der Waals surface area contributed by atoms with E-state index in [1.807, 2.05) is 30.7 Å². The molecule has 1 aromatic heterocycles. The molecular weight excluding hydrogens is 442 g/mol. The van der Waals surface area contributed by atoms with E-state index >= 15 is 0 Å². The molecule has 32 heavy (non-hydrogen) atoms. The molecule has 1 fully saturated rings. The number of sulfonamides is 1. The van der Waals surface area contributed by atoms with Crippen LogP contribution >= 0.6 is 11.8 Å². The van der Waals surface area contributed by atoms with Crippen molar-refractivity contribution in [2.75, 3.05) is 30.1 Å². The normalized spacial score (nSPS) is 15.1. The molecule has 0 spiro atoms. The first-order valence-electron chi connectivity index (χ1n) is 10.9. The Balaban J connectivity index is 1.39. The van der Waals surface area contributed by atoms with Gasteiger partial charge in [-0.3, -0.25) is 4.72 Å². The van der Waals surface area contributed by atoms with Crippen LogP contribution in [-0.2, 0) is 17.1 Å². The molecular formula is C23H29N5O2S2. The average Bonchev–Trinajstić information content (AvgIpc) is 3.15. The van der Waals surface area contributed by atoms with Crippen molar-refractivity contribution in [1.29, 1.82) is 0 Å². The quantitative estimate of drug-likeness (QED) is 0.497. The third-order valence-electron chi connectivity index (χ3n) is 5.65. The molecule has 7 nitrogen and oxygen atoms in total. The molecule has 0 aliphatic carbocycles. The molecule has 1 N–H and O–H groups in total. The zero-order valence-corrected chi connectivity index (χ0v) is 20.1. The zero-order chi connectivity index (χ0) is 22.6. The zero-order valence-electron chi connectivity index (χ0n) is 18.5. The monoisotopic (exact) mass is 471 g/mol. The average molecular weight is 472 g/mol. The molecule has 0 radical (unpaired) electrons. The number of rotatable bonds is 8. The molecule has 0 atom stereocenters. The SMILES string of the molecule is Cc1ccc(S(=O)(=O)Nc2ccc(-c3nnc(SCCN4CCCCC4)n3C)cc2)cc1. The van der Waals surface area contributed by atoms with Crippen molar-refractivity contribution in [2.45, 2.75) is 36.2 Å². The summed E-state index contributed by atoms with van der Waals surface area (Å²) in [6, 6.07) is 14.0. The fourth-order valence-corrected chi connectivity index (χ4v) is 5.73. The van der Waals surface area contributed by atoms with Crippen LogP contribution in [-0.4, -0.2) is 53.5 Å². The summed E-state index contributed by atoms with van der Waals surface area (Å²) in [4.78, 5) is 2.76. The number of aromatic nitrogens is 3. The Labute approximate surface area is 194 Å². The minimum absolute atomic E-state index is 0.242. The summed E-state index contributed by atoms with van der Waals surface area (Å²) >= 11 is 1.72. The highest BCUT2D eigenvalue weighted by Crippen LogP contribution is 2.25. The van der Waals surface area contributed by atoms with E-state index in [2.05, 4.69) is 19.8 Å². The van der Waals surface area contributed by atoms with Gasteiger partial charge in [-0.1, -0.05) is 35.9 Å². The number of thioether (sulfide) groups is 1. The van der Waals surface area contributed by atoms with Gasteiger partial charge in [-0.05, 0) is 69.3 Å². The molecule has 1 aliphatic rings. The molecule has 0 amide bonds. The van der Waals surface area contributed by atoms with Crippen molar-refractivity contribution in [3.05, 3.63) is 54.1 Å². The fraction of sp³-hybridized carbons (Fsp3) is 0.391. The van der Waals surface area contributed by atoms with E-state index in [0.29, 0.717) is 5.69 Å². The number of aryl methyl sites for hydroxylation is 1. The summed E-state index contributed by atoms with van der Waals surface area (Å²) in [6.45, 7) is 5.39. The summed E-state index contributed by atoms with van der Waals surface area (Å²) < 4.78 is 29.8. The number of benzene rings is 2. The van der Waals surface area contributed by atoms with E-state index in [1.54, 1.807) is 48.2 Å². The van der Waals surface area contributed by atoms with Crippen molar-refractivity contribution < 1.29 is 8.42 Å². The Morgan fingerprint density at radius 1 is 0.969 bits per heavy atom. The summed E-state index contributed by atoms with van der Waals surface area (Å²) in [5, 5.41) is 9.59. The first-order chi connectivity index (χ1) is 15.4. The first kappa shape index (κ1) is 22.8. The summed E-state index contributed by atoms with van der Waals surface area (Å²) in [7, 11) is -1.66. The molecule has 1 aliphatic heterocycles. The van der Waals surface area contributed by atoms with Gasteiger partial charge in [0.15, 0.2) is 11.0 Å². The van der Waals surface area contributed by atoms with Gasteiger partial charge in [-0.15, -0.1) is 10.2 Å². The predicted octanol–water partition coefficient (Wildman–Crippen LogP) is 4.17. The lowest BCUT2D eigenvalue weighted by molar-refractivity contribution is 0.242. The lowest BCUT2D eigenvalue weighted by atomic mass is 10.1. The molecule has 1 saturated heterocycles. The van der Waals surface area contributed by atoms with Crippen LogP contribution < -0.4 is 4.72 Å². The van der Waals surface area contributed by atoms with E-state index < -0.39 is 10.0 Å². The van der Waals surface area contributed by atoms with Crippen LogP contribution in [0.3, 0.4) is 0 Å². The molecule has 0 saturated carbocycles. The summed E-state index contributed by atoms with van der Waals surface area (Å²) in [5.41, 5.74) is 2.41. The van der Waals surface area contributed by atoms with E-state index in [4.69, 9.17) is 0 Å². The van der Waals surface area contributed by atoms with Crippen molar-refractivity contribution >= 4 is 27.5 Å². The second-order valence-electron chi connectivity index (χ2n) is 8.11. The van der Waals surface area contributed by atoms with E-state index in [-0.39, 0.29) is 4.90 Å². The first-order valence-corrected chi connectivity index (χ1v) is 13.3. The van der Waals surface area contributed by atoms with E-state index in [0.717, 1.165) is 34.4 Å². The van der Waals surface area contributed by atoms with Gasteiger partial charge in [0.05, 0.1) is 4.90 Å². The highest BCUT2D eigenvalue weighted by molar-refractivity contribution is 7.99. The molecule has 0 unspecified atom stereocenters. The predicted molar refractivity (Wildman–Crippen MR) is 129 cm³/mol. The van der Waals surface area contributed by atoms with Gasteiger partial charge in [0, 0.05) is 30.6 Å². The second-order valence-corrected chi connectivity index (χ2v) is 10.9. The van der Waals surface area contributed by atoms with Crippen LogP contribution in [0.1, 0.15) is 24.8 Å². The minimum atomic E-state index is -3.62. The van der Waals surface area contributed by atoms with Gasteiger partial charge in [0.2, 0.25) is 0 Å². The number of anilines is 1. The lowest BCUT2D eigenvalue weighted by Crippen LogP contribution is -2.31. The minimum Gasteiger partial charge on any atom is -0.305 e. The Bertz CT molecular complexity index is 1140. The van der Waals surface area contributed by atoms with Crippen LogP contribution in [0.5, 0.6) is 0 Å². The molecule has 9 heteroatoms. The van der Waals surface area contributed by atoms with E-state index in [9.17, 15) is 8.42 Å². The maximum atomic E-state index is 12.6. The van der Waals surface area contributed by atoms with Gasteiger partial charge in [0.1, 0.15) is 0 Å². The van der Waals surface area contributed by atoms with Gasteiger partial charge in [-0.2, -0.15) is 0 Å². The van der Waals surface area contributed by atoms with Crippen LogP contribution in [0.15, 0.2) is 58.6 Å². The van der Waals surface area contributed by atoms with Gasteiger partial charge < -0.3 is 9.47 Å². The summed E-state index contributed by atoms with van der Waals surface area (Å²) in [6.07, 6.45) is 3.95. The number of nitrogens with zero attached hydrogens (tertiary/aromatic N) is 4. The Hall–Kier alpha value is -2.36. The van der Waals surface area contributed by atoms with Crippen molar-refractivity contribution in [1.82, 2.24) is 19.7 Å². The van der Waals surface area contributed by atoms with Crippen molar-refractivity contribution in [3.63, 3.8) is 0 Å². The number of likely N-dealkylation sites (tertiary alicyclic amines) is 1. The Morgan fingerprint density at radius 2 is 1.66 bits per heavy atom. The molecule has 170 valence electrons. The highest BCUT2D eigenvalue weighted by atomic mass is 32.2. The molecule has 4 rings (SSSR count). The number of hydrogen-bond donors (Lipinski definition) is 1. The number of nitrogens with one attached hydrogen (secondary N) is 1. The number of hydrogen-bond acceptors (Lipinski definition) is 6. The lowest BCUT2D eigenvalue weighted by Gasteiger charge is -2.25. The highest BCUT2D eigenvalue weighted by Gasteiger charge is 2.16. The van der Waals surface area contributed by atoms with Crippen LogP contribution in [0.2, 0.25) is 0 Å². The van der Waals surface area contributed by atoms with E-state index in [1.165, 1.54) is 32.4 Å². The van der Waals surface area contributed by atoms with Gasteiger partial charge in [0.25, 0.3) is 10.0 Å². The fourth-order valence-electron chi connectivity index (χ4n) is 3.76. The largest absolute Gasteiger partial charge is 0.305 e. The van der Waals surface area contributed by atoms with Crippen molar-refractivity contribution in [2.24, 2.45) is 7.05 Å². The smallest absolute Gasteiger partial charge is 0.261 e. The Morgan fingerprint density at radius 3 is 2.34 bits per heavy atom. The molecule has 2 heterocycles.